The Bertz CT molecular complexity index is 734. The van der Waals surface area contributed by atoms with Crippen LogP contribution in [0.3, 0.4) is 0 Å². The number of benzene rings is 1. The fraction of sp³-hybridized carbons (Fsp3) is 0.526. The number of aryl methyl sites for hydroxylation is 1. The molecule has 5 heteroatoms. The third-order valence-electron chi connectivity index (χ3n) is 5.07. The van der Waals surface area contributed by atoms with Crippen molar-refractivity contribution in [1.29, 1.82) is 0 Å². The molecule has 1 aliphatic carbocycles. The Balaban J connectivity index is 1.64. The van der Waals surface area contributed by atoms with Gasteiger partial charge in [-0.3, -0.25) is 4.79 Å². The molecule has 3 atom stereocenters. The molecule has 1 heterocycles. The first-order valence-electron chi connectivity index (χ1n) is 8.70. The average Bonchev–Trinajstić information content (AvgIpc) is 2.56. The second-order valence-corrected chi connectivity index (χ2v) is 7.79. The summed E-state index contributed by atoms with van der Waals surface area (Å²) in [5.74, 6) is 2.48. The lowest BCUT2D eigenvalue weighted by Crippen LogP contribution is -2.44. The van der Waals surface area contributed by atoms with Crippen LogP contribution >= 0.6 is 11.8 Å². The topological polar surface area (TPSA) is 54.9 Å². The van der Waals surface area contributed by atoms with E-state index < -0.39 is 0 Å². The average molecular weight is 343 g/mol. The highest BCUT2D eigenvalue weighted by Gasteiger charge is 2.28. The normalized spacial score (nSPS) is 24.0. The molecular weight excluding hydrogens is 318 g/mol. The van der Waals surface area contributed by atoms with Crippen LogP contribution in [0.15, 0.2) is 29.3 Å². The van der Waals surface area contributed by atoms with Gasteiger partial charge in [-0.2, -0.15) is 0 Å². The molecule has 3 rings (SSSR count). The SMILES string of the molecule is Cc1nc(SCC(=O)N[C@H]2CCC[C@H](C)[C@@H]2C)c2ccccc2n1. The number of nitrogens with one attached hydrogen (secondary N) is 1. The third kappa shape index (κ3) is 3.89. The molecule has 0 saturated heterocycles. The van der Waals surface area contributed by atoms with Crippen LogP contribution < -0.4 is 5.32 Å². The molecule has 1 fully saturated rings. The Morgan fingerprint density at radius 2 is 2.04 bits per heavy atom. The molecule has 1 aliphatic rings. The first-order valence-corrected chi connectivity index (χ1v) is 9.68. The maximum Gasteiger partial charge on any atom is 0.230 e. The van der Waals surface area contributed by atoms with Gasteiger partial charge in [0, 0.05) is 11.4 Å². The van der Waals surface area contributed by atoms with Crippen LogP contribution in [-0.4, -0.2) is 27.7 Å². The lowest BCUT2D eigenvalue weighted by atomic mass is 9.78. The van der Waals surface area contributed by atoms with Crippen molar-refractivity contribution >= 4 is 28.6 Å². The van der Waals surface area contributed by atoms with E-state index in [2.05, 4.69) is 29.1 Å². The van der Waals surface area contributed by atoms with Gasteiger partial charge >= 0.3 is 0 Å². The Kier molecular flexibility index (Phi) is 5.39. The van der Waals surface area contributed by atoms with Gasteiger partial charge in [-0.05, 0) is 31.2 Å². The second-order valence-electron chi connectivity index (χ2n) is 6.82. The van der Waals surface area contributed by atoms with E-state index >= 15 is 0 Å². The van der Waals surface area contributed by atoms with Crippen molar-refractivity contribution in [2.24, 2.45) is 11.8 Å². The molecule has 0 bridgehead atoms. The van der Waals surface area contributed by atoms with Crippen molar-refractivity contribution in [3.63, 3.8) is 0 Å². The molecule has 0 radical (unpaired) electrons. The highest BCUT2D eigenvalue weighted by Crippen LogP contribution is 2.30. The molecule has 1 aromatic carbocycles. The van der Waals surface area contributed by atoms with E-state index in [0.717, 1.165) is 28.2 Å². The van der Waals surface area contributed by atoms with E-state index in [9.17, 15) is 4.79 Å². The minimum atomic E-state index is 0.103. The summed E-state index contributed by atoms with van der Waals surface area (Å²) in [7, 11) is 0. The summed E-state index contributed by atoms with van der Waals surface area (Å²) in [5, 5.41) is 5.13. The van der Waals surface area contributed by atoms with E-state index in [-0.39, 0.29) is 5.91 Å². The van der Waals surface area contributed by atoms with Crippen molar-refractivity contribution in [3.8, 4) is 0 Å². The van der Waals surface area contributed by atoms with Gasteiger partial charge in [0.25, 0.3) is 0 Å². The summed E-state index contributed by atoms with van der Waals surface area (Å²) in [6.07, 6.45) is 3.57. The fourth-order valence-electron chi connectivity index (χ4n) is 3.44. The molecule has 0 aliphatic heterocycles. The summed E-state index contributed by atoms with van der Waals surface area (Å²) < 4.78 is 0. The molecule has 1 aromatic heterocycles. The number of carbonyl (C=O) groups excluding carboxylic acids is 1. The number of hydrogen-bond acceptors (Lipinski definition) is 4. The summed E-state index contributed by atoms with van der Waals surface area (Å²) in [6.45, 7) is 6.43. The van der Waals surface area contributed by atoms with Crippen LogP contribution in [0.25, 0.3) is 10.9 Å². The lowest BCUT2D eigenvalue weighted by molar-refractivity contribution is -0.119. The van der Waals surface area contributed by atoms with Gasteiger partial charge in [-0.15, -0.1) is 0 Å². The zero-order chi connectivity index (χ0) is 17.1. The number of aromatic nitrogens is 2. The summed E-state index contributed by atoms with van der Waals surface area (Å²) >= 11 is 1.50. The molecule has 24 heavy (non-hydrogen) atoms. The van der Waals surface area contributed by atoms with Crippen molar-refractivity contribution in [2.45, 2.75) is 51.1 Å². The van der Waals surface area contributed by atoms with Gasteiger partial charge in [0.1, 0.15) is 10.9 Å². The predicted octanol–water partition coefficient (Wildman–Crippen LogP) is 3.97. The standard InChI is InChI=1S/C19H25N3OS/c1-12-7-6-10-16(13(12)2)22-18(23)11-24-19-15-8-4-5-9-17(15)20-14(3)21-19/h4-5,8-9,12-13,16H,6-7,10-11H2,1-3H3,(H,22,23)/t12-,13-,16-/m0/s1. The monoisotopic (exact) mass is 343 g/mol. The molecule has 0 spiro atoms. The minimum Gasteiger partial charge on any atom is -0.352 e. The molecule has 1 amide bonds. The van der Waals surface area contributed by atoms with Gasteiger partial charge in [0.15, 0.2) is 0 Å². The number of rotatable bonds is 4. The van der Waals surface area contributed by atoms with Gasteiger partial charge in [0.2, 0.25) is 5.91 Å². The molecule has 2 aromatic rings. The summed E-state index contributed by atoms with van der Waals surface area (Å²) in [6, 6.07) is 8.27. The second kappa shape index (κ2) is 7.51. The van der Waals surface area contributed by atoms with Crippen molar-refractivity contribution < 1.29 is 4.79 Å². The van der Waals surface area contributed by atoms with E-state index in [1.54, 1.807) is 0 Å². The van der Waals surface area contributed by atoms with Crippen LogP contribution in [0.2, 0.25) is 0 Å². The van der Waals surface area contributed by atoms with Crippen LogP contribution in [-0.2, 0) is 4.79 Å². The van der Waals surface area contributed by atoms with Crippen molar-refractivity contribution in [3.05, 3.63) is 30.1 Å². The Hall–Kier alpha value is -1.62. The molecular formula is C19H25N3OS. The molecule has 1 N–H and O–H groups in total. The Morgan fingerprint density at radius 1 is 1.25 bits per heavy atom. The van der Waals surface area contributed by atoms with E-state index in [1.807, 2.05) is 31.2 Å². The number of fused-ring (bicyclic) bond motifs is 1. The third-order valence-corrected chi connectivity index (χ3v) is 6.06. The minimum absolute atomic E-state index is 0.103. The fourth-order valence-corrected chi connectivity index (χ4v) is 4.31. The van der Waals surface area contributed by atoms with Gasteiger partial charge in [-0.1, -0.05) is 56.7 Å². The van der Waals surface area contributed by atoms with E-state index in [0.29, 0.717) is 23.6 Å². The lowest BCUT2D eigenvalue weighted by Gasteiger charge is -2.34. The highest BCUT2D eigenvalue weighted by molar-refractivity contribution is 8.00. The molecule has 128 valence electrons. The number of carbonyl (C=O) groups is 1. The number of thioether (sulfide) groups is 1. The first-order chi connectivity index (χ1) is 11.5. The number of nitrogens with zero attached hydrogens (tertiary/aromatic N) is 2. The van der Waals surface area contributed by atoms with Crippen molar-refractivity contribution in [1.82, 2.24) is 15.3 Å². The molecule has 1 saturated carbocycles. The Labute approximate surface area is 147 Å². The maximum absolute atomic E-state index is 12.4. The van der Waals surface area contributed by atoms with E-state index in [4.69, 9.17) is 0 Å². The number of hydrogen-bond donors (Lipinski definition) is 1. The maximum atomic E-state index is 12.4. The highest BCUT2D eigenvalue weighted by atomic mass is 32.2. The van der Waals surface area contributed by atoms with Crippen LogP contribution in [0, 0.1) is 18.8 Å². The van der Waals surface area contributed by atoms with Crippen LogP contribution in [0.5, 0.6) is 0 Å². The molecule has 0 unspecified atom stereocenters. The summed E-state index contributed by atoms with van der Waals surface area (Å²) in [4.78, 5) is 21.4. The van der Waals surface area contributed by atoms with Crippen LogP contribution in [0.4, 0.5) is 0 Å². The van der Waals surface area contributed by atoms with Crippen LogP contribution in [0.1, 0.15) is 38.9 Å². The quantitative estimate of drug-likeness (QED) is 0.674. The number of amides is 1. The smallest absolute Gasteiger partial charge is 0.230 e. The summed E-state index contributed by atoms with van der Waals surface area (Å²) in [5.41, 5.74) is 0.933. The number of para-hydroxylation sites is 1. The van der Waals surface area contributed by atoms with Crippen molar-refractivity contribution in [2.75, 3.05) is 5.75 Å². The largest absolute Gasteiger partial charge is 0.352 e. The first kappa shape index (κ1) is 17.2. The van der Waals surface area contributed by atoms with Gasteiger partial charge in [-0.25, -0.2) is 9.97 Å². The zero-order valence-corrected chi connectivity index (χ0v) is 15.4. The molecule has 4 nitrogen and oxygen atoms in total. The van der Waals surface area contributed by atoms with Gasteiger partial charge in [0.05, 0.1) is 11.3 Å². The van der Waals surface area contributed by atoms with E-state index in [1.165, 1.54) is 24.6 Å². The van der Waals surface area contributed by atoms with Gasteiger partial charge < -0.3 is 5.32 Å². The predicted molar refractivity (Wildman–Crippen MR) is 99.1 cm³/mol. The Morgan fingerprint density at radius 3 is 2.88 bits per heavy atom. The zero-order valence-electron chi connectivity index (χ0n) is 14.6.